The third-order valence-electron chi connectivity index (χ3n) is 2.85. The molecule has 2 N–H and O–H groups in total. The predicted octanol–water partition coefficient (Wildman–Crippen LogP) is 2.12. The third kappa shape index (κ3) is 4.65. The average Bonchev–Trinajstić information content (AvgIpc) is 2.84. The summed E-state index contributed by atoms with van der Waals surface area (Å²) >= 11 is 2.74. The minimum Gasteiger partial charge on any atom is -0.360 e. The molecule has 20 heavy (non-hydrogen) atoms. The topological polar surface area (TPSA) is 90.7 Å². The van der Waals surface area contributed by atoms with Crippen LogP contribution in [-0.4, -0.2) is 33.9 Å². The van der Waals surface area contributed by atoms with Gasteiger partial charge in [0.2, 0.25) is 11.0 Å². The first kappa shape index (κ1) is 16.7. The normalized spacial score (nSPS) is 13.6. The number of nitriles is 1. The molecule has 0 bridgehead atoms. The second kappa shape index (κ2) is 7.45. The van der Waals surface area contributed by atoms with E-state index in [1.54, 1.807) is 6.92 Å². The second-order valence-corrected chi connectivity index (χ2v) is 6.91. The van der Waals surface area contributed by atoms with Crippen LogP contribution in [0.5, 0.6) is 0 Å². The van der Waals surface area contributed by atoms with Crippen LogP contribution in [0.25, 0.3) is 0 Å². The van der Waals surface area contributed by atoms with E-state index < -0.39 is 5.54 Å². The summed E-state index contributed by atoms with van der Waals surface area (Å²) in [5.41, 5.74) is -0.840. The van der Waals surface area contributed by atoms with E-state index in [1.165, 1.54) is 23.1 Å². The van der Waals surface area contributed by atoms with Gasteiger partial charge < -0.3 is 10.6 Å². The molecular formula is C12H19N5OS2. The summed E-state index contributed by atoms with van der Waals surface area (Å²) in [6.07, 6.45) is 0. The summed E-state index contributed by atoms with van der Waals surface area (Å²) < 4.78 is 0.735. The molecule has 1 aromatic heterocycles. The van der Waals surface area contributed by atoms with Gasteiger partial charge in [-0.1, -0.05) is 36.9 Å². The van der Waals surface area contributed by atoms with Gasteiger partial charge in [-0.25, -0.2) is 0 Å². The fraction of sp³-hybridized carbons (Fsp3) is 0.667. The lowest BCUT2D eigenvalue weighted by Gasteiger charge is -2.27. The Morgan fingerprint density at radius 3 is 2.80 bits per heavy atom. The van der Waals surface area contributed by atoms with Gasteiger partial charge in [-0.3, -0.25) is 4.79 Å². The number of hydrogen-bond acceptors (Lipinski definition) is 7. The van der Waals surface area contributed by atoms with Crippen LogP contribution in [0.4, 0.5) is 5.13 Å². The van der Waals surface area contributed by atoms with Gasteiger partial charge in [0.1, 0.15) is 5.54 Å². The van der Waals surface area contributed by atoms with Crippen LogP contribution in [0.1, 0.15) is 27.7 Å². The van der Waals surface area contributed by atoms with E-state index in [4.69, 9.17) is 5.26 Å². The molecule has 0 aliphatic rings. The number of thioether (sulfide) groups is 1. The number of nitrogens with zero attached hydrogens (tertiary/aromatic N) is 3. The number of hydrogen-bond donors (Lipinski definition) is 2. The van der Waals surface area contributed by atoms with E-state index in [2.05, 4.69) is 26.9 Å². The summed E-state index contributed by atoms with van der Waals surface area (Å²) in [6.45, 7) is 8.31. The Bertz CT molecular complexity index is 496. The average molecular weight is 313 g/mol. The van der Waals surface area contributed by atoms with Gasteiger partial charge in [0.05, 0.1) is 11.8 Å². The number of rotatable bonds is 7. The van der Waals surface area contributed by atoms with Gasteiger partial charge in [0.25, 0.3) is 0 Å². The molecule has 0 aliphatic carbocycles. The van der Waals surface area contributed by atoms with E-state index in [9.17, 15) is 4.79 Å². The molecule has 1 atom stereocenters. The fourth-order valence-corrected chi connectivity index (χ4v) is 2.86. The number of aromatic nitrogens is 2. The van der Waals surface area contributed by atoms with Crippen LogP contribution in [0.15, 0.2) is 4.34 Å². The molecule has 0 aromatic carbocycles. The van der Waals surface area contributed by atoms with Crippen molar-refractivity contribution < 1.29 is 4.79 Å². The minimum absolute atomic E-state index is 0.0448. The van der Waals surface area contributed by atoms with Crippen LogP contribution >= 0.6 is 23.1 Å². The van der Waals surface area contributed by atoms with Gasteiger partial charge in [-0.2, -0.15) is 5.26 Å². The lowest BCUT2D eigenvalue weighted by Crippen LogP contribution is -2.49. The maximum Gasteiger partial charge on any atom is 0.231 e. The van der Waals surface area contributed by atoms with E-state index in [-0.39, 0.29) is 17.6 Å². The van der Waals surface area contributed by atoms with Crippen LogP contribution in [0.3, 0.4) is 0 Å². The van der Waals surface area contributed by atoms with Crippen molar-refractivity contribution in [2.45, 2.75) is 37.6 Å². The van der Waals surface area contributed by atoms with Gasteiger partial charge in [-0.15, -0.1) is 10.2 Å². The Morgan fingerprint density at radius 1 is 1.55 bits per heavy atom. The molecule has 8 heteroatoms. The molecule has 0 aliphatic heterocycles. The summed E-state index contributed by atoms with van der Waals surface area (Å²) in [4.78, 5) is 11.9. The van der Waals surface area contributed by atoms with Crippen LogP contribution in [0, 0.1) is 17.2 Å². The maximum absolute atomic E-state index is 11.9. The highest BCUT2D eigenvalue weighted by molar-refractivity contribution is 8.01. The van der Waals surface area contributed by atoms with E-state index in [0.717, 1.165) is 16.0 Å². The molecule has 1 aromatic rings. The van der Waals surface area contributed by atoms with Crippen molar-refractivity contribution in [1.29, 1.82) is 5.26 Å². The molecule has 0 saturated carbocycles. The number of anilines is 1. The van der Waals surface area contributed by atoms with Gasteiger partial charge in [-0.05, 0) is 19.8 Å². The van der Waals surface area contributed by atoms with Crippen LogP contribution < -0.4 is 10.6 Å². The SMILES string of the molecule is CCNc1nnc(SCC(=O)N[C@@](C)(C#N)C(C)C)s1. The largest absolute Gasteiger partial charge is 0.360 e. The van der Waals surface area contributed by atoms with Crippen LogP contribution in [0.2, 0.25) is 0 Å². The Balaban J connectivity index is 2.49. The van der Waals surface area contributed by atoms with Crippen molar-refractivity contribution in [2.75, 3.05) is 17.6 Å². The van der Waals surface area contributed by atoms with Crippen molar-refractivity contribution in [1.82, 2.24) is 15.5 Å². The summed E-state index contributed by atoms with van der Waals surface area (Å²) in [7, 11) is 0. The molecule has 0 radical (unpaired) electrons. The summed E-state index contributed by atoms with van der Waals surface area (Å²) in [5, 5.41) is 23.7. The molecule has 1 rings (SSSR count). The van der Waals surface area contributed by atoms with Crippen molar-refractivity contribution in [2.24, 2.45) is 5.92 Å². The third-order valence-corrected chi connectivity index (χ3v) is 4.86. The minimum atomic E-state index is -0.840. The first-order valence-electron chi connectivity index (χ1n) is 6.33. The smallest absolute Gasteiger partial charge is 0.231 e. The number of carbonyl (C=O) groups excluding carboxylic acids is 1. The molecule has 6 nitrogen and oxygen atoms in total. The molecule has 110 valence electrons. The molecule has 0 fully saturated rings. The zero-order chi connectivity index (χ0) is 15.2. The zero-order valence-electron chi connectivity index (χ0n) is 12.1. The zero-order valence-corrected chi connectivity index (χ0v) is 13.7. The van der Waals surface area contributed by atoms with Gasteiger partial charge >= 0.3 is 0 Å². The lowest BCUT2D eigenvalue weighted by atomic mass is 9.90. The second-order valence-electron chi connectivity index (χ2n) is 4.71. The molecule has 0 saturated heterocycles. The van der Waals surface area contributed by atoms with E-state index >= 15 is 0 Å². The van der Waals surface area contributed by atoms with E-state index in [0.29, 0.717) is 0 Å². The van der Waals surface area contributed by atoms with Crippen LogP contribution in [-0.2, 0) is 4.79 Å². The van der Waals surface area contributed by atoms with Crippen molar-refractivity contribution in [3.63, 3.8) is 0 Å². The molecule has 0 spiro atoms. The molecule has 0 unspecified atom stereocenters. The predicted molar refractivity (Wildman–Crippen MR) is 81.8 cm³/mol. The Kier molecular flexibility index (Phi) is 6.23. The Hall–Kier alpha value is -1.33. The van der Waals surface area contributed by atoms with Gasteiger partial charge in [0, 0.05) is 6.54 Å². The molecule has 1 heterocycles. The lowest BCUT2D eigenvalue weighted by molar-refractivity contribution is -0.120. The highest BCUT2D eigenvalue weighted by Crippen LogP contribution is 2.25. The van der Waals surface area contributed by atoms with Crippen molar-refractivity contribution in [3.05, 3.63) is 0 Å². The maximum atomic E-state index is 11.9. The monoisotopic (exact) mass is 313 g/mol. The highest BCUT2D eigenvalue weighted by atomic mass is 32.2. The number of amides is 1. The first-order valence-corrected chi connectivity index (χ1v) is 8.14. The van der Waals surface area contributed by atoms with Crippen molar-refractivity contribution in [3.8, 4) is 6.07 Å². The Labute approximate surface area is 127 Å². The number of nitrogens with one attached hydrogen (secondary N) is 2. The van der Waals surface area contributed by atoms with E-state index in [1.807, 2.05) is 20.8 Å². The van der Waals surface area contributed by atoms with Crippen molar-refractivity contribution >= 4 is 34.1 Å². The quantitative estimate of drug-likeness (QED) is 0.749. The Morgan fingerprint density at radius 2 is 2.25 bits per heavy atom. The first-order chi connectivity index (χ1) is 9.41. The fourth-order valence-electron chi connectivity index (χ4n) is 1.25. The molecular weight excluding hydrogens is 294 g/mol. The standard InChI is InChI=1S/C12H19N5OS2/c1-5-14-10-16-17-11(20-10)19-6-9(18)15-12(4,7-13)8(2)3/h8H,5-6H2,1-4H3,(H,14,16)(H,15,18)/t12-/m0/s1. The number of carbonyl (C=O) groups is 1. The highest BCUT2D eigenvalue weighted by Gasteiger charge is 2.29. The summed E-state index contributed by atoms with van der Waals surface area (Å²) in [5.74, 6) is 0.0985. The van der Waals surface area contributed by atoms with Gasteiger partial charge in [0.15, 0.2) is 4.34 Å². The summed E-state index contributed by atoms with van der Waals surface area (Å²) in [6, 6.07) is 2.15. The molecule has 1 amide bonds.